The monoisotopic (exact) mass is 340 g/mol. The molecule has 0 bridgehead atoms. The van der Waals surface area contributed by atoms with Gasteiger partial charge in [-0.1, -0.05) is 0 Å². The standard InChI is InChI=1S/C11H12F4N4S2/c1-6-3-7(12)8(19-10(20)18(2)16-17-19)4-9(6)21-5-11(13,14)15/h3-4,16-17H,5H2,1-2H3. The number of alkyl halides is 3. The molecule has 2 N–H and O–H groups in total. The molecule has 1 aromatic rings. The Morgan fingerprint density at radius 3 is 2.48 bits per heavy atom. The molecule has 2 rings (SSSR count). The molecule has 1 aliphatic rings. The highest BCUT2D eigenvalue weighted by atomic mass is 32.2. The van der Waals surface area contributed by atoms with Crippen molar-refractivity contribution in [3.8, 4) is 0 Å². The predicted molar refractivity (Wildman–Crippen MR) is 77.0 cm³/mol. The van der Waals surface area contributed by atoms with E-state index in [-0.39, 0.29) is 10.8 Å². The van der Waals surface area contributed by atoms with Crippen molar-refractivity contribution in [3.05, 3.63) is 23.5 Å². The van der Waals surface area contributed by atoms with Crippen molar-refractivity contribution in [2.75, 3.05) is 17.8 Å². The Labute approximate surface area is 128 Å². The molecule has 1 heterocycles. The van der Waals surface area contributed by atoms with Crippen molar-refractivity contribution >= 4 is 34.8 Å². The molecule has 1 aliphatic heterocycles. The third kappa shape index (κ3) is 3.76. The van der Waals surface area contributed by atoms with Crippen LogP contribution in [-0.2, 0) is 0 Å². The lowest BCUT2D eigenvalue weighted by atomic mass is 10.2. The van der Waals surface area contributed by atoms with E-state index >= 15 is 0 Å². The maximum absolute atomic E-state index is 14.0. The highest BCUT2D eigenvalue weighted by Crippen LogP contribution is 2.33. The summed E-state index contributed by atoms with van der Waals surface area (Å²) in [4.78, 5) is 0.350. The number of hydrazine groups is 3. The second kappa shape index (κ2) is 5.95. The third-order valence-electron chi connectivity index (χ3n) is 2.68. The third-order valence-corrected chi connectivity index (χ3v) is 4.36. The Kier molecular flexibility index (Phi) is 4.61. The van der Waals surface area contributed by atoms with E-state index in [9.17, 15) is 17.6 Å². The molecular formula is C11H12F4N4S2. The molecule has 0 aliphatic carbocycles. The minimum Gasteiger partial charge on any atom is -0.271 e. The topological polar surface area (TPSA) is 30.5 Å². The fourth-order valence-corrected chi connectivity index (χ4v) is 2.65. The number of nitrogens with zero attached hydrogens (tertiary/aromatic N) is 2. The number of halogens is 4. The molecule has 0 spiro atoms. The fraction of sp³-hybridized carbons (Fsp3) is 0.364. The Morgan fingerprint density at radius 2 is 1.95 bits per heavy atom. The van der Waals surface area contributed by atoms with Crippen LogP contribution in [0.2, 0.25) is 0 Å². The number of nitrogens with one attached hydrogen (secondary N) is 2. The average Bonchev–Trinajstić information content (AvgIpc) is 2.68. The van der Waals surface area contributed by atoms with E-state index in [1.165, 1.54) is 22.2 Å². The second-order valence-electron chi connectivity index (χ2n) is 4.37. The zero-order valence-electron chi connectivity index (χ0n) is 11.1. The number of thiocarbonyl (C=S) groups is 1. The molecule has 116 valence electrons. The highest BCUT2D eigenvalue weighted by molar-refractivity contribution is 7.99. The summed E-state index contributed by atoms with van der Waals surface area (Å²) in [6.45, 7) is 1.56. The van der Waals surface area contributed by atoms with Gasteiger partial charge < -0.3 is 0 Å². The van der Waals surface area contributed by atoms with Gasteiger partial charge in [0.25, 0.3) is 0 Å². The molecule has 1 fully saturated rings. The first kappa shape index (κ1) is 16.3. The van der Waals surface area contributed by atoms with Crippen LogP contribution in [0, 0.1) is 12.7 Å². The Balaban J connectivity index is 2.28. The lowest BCUT2D eigenvalue weighted by molar-refractivity contribution is -0.105. The molecule has 0 radical (unpaired) electrons. The first-order valence-corrected chi connectivity index (χ1v) is 7.17. The van der Waals surface area contributed by atoms with E-state index in [0.29, 0.717) is 22.2 Å². The van der Waals surface area contributed by atoms with E-state index in [4.69, 9.17) is 12.2 Å². The van der Waals surface area contributed by atoms with E-state index in [1.54, 1.807) is 14.0 Å². The van der Waals surface area contributed by atoms with Crippen LogP contribution in [0.5, 0.6) is 0 Å². The maximum atomic E-state index is 14.0. The largest absolute Gasteiger partial charge is 0.398 e. The molecule has 0 saturated carbocycles. The maximum Gasteiger partial charge on any atom is 0.398 e. The van der Waals surface area contributed by atoms with Crippen molar-refractivity contribution in [2.45, 2.75) is 18.0 Å². The molecule has 10 heteroatoms. The van der Waals surface area contributed by atoms with Gasteiger partial charge in [0.05, 0.1) is 11.4 Å². The molecular weight excluding hydrogens is 328 g/mol. The number of hydrogen-bond donors (Lipinski definition) is 2. The summed E-state index contributed by atoms with van der Waals surface area (Å²) in [6, 6.07) is 2.54. The van der Waals surface area contributed by atoms with Crippen molar-refractivity contribution in [1.82, 2.24) is 16.1 Å². The van der Waals surface area contributed by atoms with Crippen LogP contribution < -0.4 is 16.1 Å². The van der Waals surface area contributed by atoms with Gasteiger partial charge >= 0.3 is 6.18 Å². The molecule has 4 nitrogen and oxygen atoms in total. The van der Waals surface area contributed by atoms with Gasteiger partial charge in [-0.25, -0.2) is 9.40 Å². The molecule has 21 heavy (non-hydrogen) atoms. The molecule has 0 unspecified atom stereocenters. The summed E-state index contributed by atoms with van der Waals surface area (Å²) in [5, 5.41) is 2.95. The molecule has 1 saturated heterocycles. The molecule has 0 amide bonds. The van der Waals surface area contributed by atoms with Crippen LogP contribution in [0.25, 0.3) is 0 Å². The first-order valence-electron chi connectivity index (χ1n) is 5.78. The van der Waals surface area contributed by atoms with Gasteiger partial charge in [-0.05, 0) is 36.8 Å². The molecule has 1 aromatic carbocycles. The summed E-state index contributed by atoms with van der Waals surface area (Å²) in [6.07, 6.45) is -4.28. The zero-order valence-corrected chi connectivity index (χ0v) is 12.7. The van der Waals surface area contributed by atoms with Gasteiger partial charge in [-0.3, -0.25) is 5.01 Å². The number of benzene rings is 1. The van der Waals surface area contributed by atoms with Crippen LogP contribution >= 0.6 is 24.0 Å². The number of thioether (sulfide) groups is 1. The number of hydrogen-bond acceptors (Lipinski definition) is 4. The SMILES string of the molecule is Cc1cc(F)c(N2NNN(C)C2=S)cc1SCC(F)(F)F. The van der Waals surface area contributed by atoms with Gasteiger partial charge in [0.2, 0.25) is 5.11 Å². The van der Waals surface area contributed by atoms with Crippen LogP contribution in [0.3, 0.4) is 0 Å². The Hall–Kier alpha value is -1.10. The van der Waals surface area contributed by atoms with Crippen molar-refractivity contribution in [2.24, 2.45) is 0 Å². The number of aryl methyl sites for hydroxylation is 1. The normalized spacial score (nSPS) is 16.0. The van der Waals surface area contributed by atoms with E-state index < -0.39 is 17.7 Å². The van der Waals surface area contributed by atoms with Crippen molar-refractivity contribution in [3.63, 3.8) is 0 Å². The lowest BCUT2D eigenvalue weighted by Crippen LogP contribution is -2.38. The summed E-state index contributed by atoms with van der Waals surface area (Å²) >= 11 is 5.69. The van der Waals surface area contributed by atoms with Gasteiger partial charge in [-0.2, -0.15) is 13.2 Å². The minimum absolute atomic E-state index is 0.0622. The van der Waals surface area contributed by atoms with Crippen molar-refractivity contribution in [1.29, 1.82) is 0 Å². The van der Waals surface area contributed by atoms with E-state index in [1.807, 2.05) is 0 Å². The highest BCUT2D eigenvalue weighted by Gasteiger charge is 2.29. The van der Waals surface area contributed by atoms with Crippen LogP contribution in [-0.4, -0.2) is 29.1 Å². The van der Waals surface area contributed by atoms with Gasteiger partial charge in [0.15, 0.2) is 0 Å². The van der Waals surface area contributed by atoms with Crippen LogP contribution in [0.1, 0.15) is 5.56 Å². The fourth-order valence-electron chi connectivity index (χ4n) is 1.66. The second-order valence-corrected chi connectivity index (χ2v) is 5.76. The first-order chi connectivity index (χ1) is 9.69. The van der Waals surface area contributed by atoms with Gasteiger partial charge in [-0.15, -0.1) is 22.8 Å². The zero-order chi connectivity index (χ0) is 15.8. The lowest BCUT2D eigenvalue weighted by Gasteiger charge is -2.19. The van der Waals surface area contributed by atoms with E-state index in [2.05, 4.69) is 11.1 Å². The van der Waals surface area contributed by atoms with E-state index in [0.717, 1.165) is 0 Å². The Bertz CT molecular complexity index is 564. The number of anilines is 1. The minimum atomic E-state index is -4.28. The van der Waals surface area contributed by atoms with Crippen LogP contribution in [0.15, 0.2) is 17.0 Å². The van der Waals surface area contributed by atoms with Gasteiger partial charge in [0.1, 0.15) is 5.82 Å². The number of rotatable bonds is 3. The summed E-state index contributed by atoms with van der Waals surface area (Å²) < 4.78 is 51.0. The Morgan fingerprint density at radius 1 is 1.29 bits per heavy atom. The molecule has 0 atom stereocenters. The summed E-state index contributed by atoms with van der Waals surface area (Å²) in [5.74, 6) is -1.61. The van der Waals surface area contributed by atoms with Crippen molar-refractivity contribution < 1.29 is 17.6 Å². The van der Waals surface area contributed by atoms with Crippen LogP contribution in [0.4, 0.5) is 23.2 Å². The quantitative estimate of drug-likeness (QED) is 0.500. The average molecular weight is 340 g/mol. The van der Waals surface area contributed by atoms with Gasteiger partial charge in [0, 0.05) is 11.9 Å². The predicted octanol–water partition coefficient (Wildman–Crippen LogP) is 2.75. The smallest absolute Gasteiger partial charge is 0.271 e. The molecule has 0 aromatic heterocycles. The summed E-state index contributed by atoms with van der Waals surface area (Å²) in [7, 11) is 1.63. The summed E-state index contributed by atoms with van der Waals surface area (Å²) in [5.41, 5.74) is 5.78.